The first kappa shape index (κ1) is 22.2. The van der Waals surface area contributed by atoms with Crippen molar-refractivity contribution in [1.82, 2.24) is 0 Å². The molecule has 110 valence electrons. The zero-order chi connectivity index (χ0) is 13.8. The zero-order valence-electron chi connectivity index (χ0n) is 9.43. The summed E-state index contributed by atoms with van der Waals surface area (Å²) in [6.07, 6.45) is 4.62. The van der Waals surface area contributed by atoms with Gasteiger partial charge in [-0.15, -0.1) is 32.8 Å². The first-order valence-electron chi connectivity index (χ1n) is 4.83. The average Bonchev–Trinajstić information content (AvgIpc) is 2.16. The Balaban J connectivity index is -0.000000214. The second-order valence-corrected chi connectivity index (χ2v) is 3.33. The van der Waals surface area contributed by atoms with Gasteiger partial charge < -0.3 is 21.9 Å². The molecule has 0 amide bonds. The van der Waals surface area contributed by atoms with E-state index in [1.54, 1.807) is 0 Å². The van der Waals surface area contributed by atoms with Crippen LogP contribution < -0.4 is 0 Å². The van der Waals surface area contributed by atoms with Crippen LogP contribution in [-0.4, -0.2) is 33.2 Å². The maximum atomic E-state index is 8.36. The van der Waals surface area contributed by atoms with Gasteiger partial charge in [0.1, 0.15) is 0 Å². The Hall–Kier alpha value is -0.992. The Morgan fingerprint density at radius 1 is 1.11 bits per heavy atom. The molecule has 0 radical (unpaired) electrons. The molecule has 1 fully saturated rings. The molecule has 1 aliphatic rings. The van der Waals surface area contributed by atoms with Crippen molar-refractivity contribution in [2.45, 2.75) is 31.7 Å². The Bertz CT molecular complexity index is 212. The van der Waals surface area contributed by atoms with Gasteiger partial charge in [0, 0.05) is 0 Å². The van der Waals surface area contributed by atoms with Gasteiger partial charge in [-0.2, -0.15) is 0 Å². The van der Waals surface area contributed by atoms with Gasteiger partial charge in [-0.25, -0.2) is 0 Å². The van der Waals surface area contributed by atoms with Crippen LogP contribution in [0.4, 0.5) is 0 Å². The summed E-state index contributed by atoms with van der Waals surface area (Å²) in [5.74, 6) is 0.388. The van der Waals surface area contributed by atoms with Gasteiger partial charge >= 0.3 is 21.1 Å². The summed E-state index contributed by atoms with van der Waals surface area (Å²) in [6.45, 7) is 0.466. The van der Waals surface area contributed by atoms with Gasteiger partial charge in [-0.3, -0.25) is 0 Å². The second kappa shape index (κ2) is 14.1. The maximum absolute atomic E-state index is 8.36. The third-order valence-electron chi connectivity index (χ3n) is 2.17. The summed E-state index contributed by atoms with van der Waals surface area (Å²) in [4.78, 5) is 16.7. The quantitative estimate of drug-likeness (QED) is 0.459. The number of rotatable bonds is 1. The topological polar surface area (TPSA) is 174 Å². The predicted octanol–water partition coefficient (Wildman–Crippen LogP) is 1.95. The molecular formula is C7H16N4O6Pt. The van der Waals surface area contributed by atoms with Crippen LogP contribution in [0.1, 0.15) is 25.7 Å². The van der Waals surface area contributed by atoms with Crippen LogP contribution in [-0.2, 0) is 21.1 Å². The van der Waals surface area contributed by atoms with E-state index >= 15 is 0 Å². The molecule has 1 saturated carbocycles. The fourth-order valence-electron chi connectivity index (χ4n) is 1.45. The van der Waals surface area contributed by atoms with Crippen molar-refractivity contribution in [1.29, 1.82) is 0 Å². The molecule has 1 aliphatic carbocycles. The van der Waals surface area contributed by atoms with E-state index in [2.05, 4.69) is 0 Å². The van der Waals surface area contributed by atoms with Gasteiger partial charge in [0.05, 0.1) is 0 Å². The smallest absolute Gasteiger partial charge is 0.677 e. The Morgan fingerprint density at radius 2 is 1.44 bits per heavy atom. The van der Waals surface area contributed by atoms with Gasteiger partial charge in [0.2, 0.25) is 0 Å². The molecule has 0 saturated heterocycles. The summed E-state index contributed by atoms with van der Waals surface area (Å²) >= 11 is 0. The van der Waals surface area contributed by atoms with E-state index in [1.165, 1.54) is 12.8 Å². The van der Waals surface area contributed by atoms with E-state index in [-0.39, 0.29) is 27.1 Å². The molecule has 0 bridgehead atoms. The summed E-state index contributed by atoms with van der Waals surface area (Å²) < 4.78 is 0. The number of hydrogen-bond donors (Lipinski definition) is 2. The summed E-state index contributed by atoms with van der Waals surface area (Å²) in [6, 6.07) is 0.0799. The van der Waals surface area contributed by atoms with Crippen LogP contribution in [0.5, 0.6) is 0 Å². The SMILES string of the molecule is O=[N+]([O-])O.O=[N+]([O-])O.[NH-]CC1CCCCC1[NH-].[Pt+2]. The molecule has 0 aliphatic heterocycles. The molecule has 1 rings (SSSR count). The predicted molar refractivity (Wildman–Crippen MR) is 56.8 cm³/mol. The van der Waals surface area contributed by atoms with E-state index in [9.17, 15) is 0 Å². The van der Waals surface area contributed by atoms with Crippen LogP contribution in [0.15, 0.2) is 0 Å². The molecule has 4 N–H and O–H groups in total. The third kappa shape index (κ3) is 20.4. The largest absolute Gasteiger partial charge is 2.00 e. The summed E-state index contributed by atoms with van der Waals surface area (Å²) in [5.41, 5.74) is 14.6. The molecule has 0 aromatic carbocycles. The summed E-state index contributed by atoms with van der Waals surface area (Å²) in [5, 5.41) is 27.3. The normalized spacial score (nSPS) is 21.0. The fourth-order valence-corrected chi connectivity index (χ4v) is 1.45. The molecule has 10 nitrogen and oxygen atoms in total. The van der Waals surface area contributed by atoms with Crippen LogP contribution in [0.25, 0.3) is 11.5 Å². The van der Waals surface area contributed by atoms with Crippen LogP contribution in [0.2, 0.25) is 0 Å². The Morgan fingerprint density at radius 3 is 1.67 bits per heavy atom. The zero-order valence-corrected chi connectivity index (χ0v) is 11.7. The maximum Gasteiger partial charge on any atom is 2.00 e. The van der Waals surface area contributed by atoms with Crippen molar-refractivity contribution in [2.75, 3.05) is 6.54 Å². The van der Waals surface area contributed by atoms with Crippen molar-refractivity contribution < 1.29 is 41.7 Å². The molecular weight excluding hydrogens is 431 g/mol. The first-order valence-corrected chi connectivity index (χ1v) is 4.83. The van der Waals surface area contributed by atoms with Gasteiger partial charge in [0.25, 0.3) is 10.2 Å². The molecule has 18 heavy (non-hydrogen) atoms. The molecule has 2 unspecified atom stereocenters. The fraction of sp³-hybridized carbons (Fsp3) is 1.00. The minimum Gasteiger partial charge on any atom is -0.677 e. The molecule has 0 aromatic heterocycles. The van der Waals surface area contributed by atoms with Crippen molar-refractivity contribution in [2.24, 2.45) is 5.92 Å². The van der Waals surface area contributed by atoms with Crippen molar-refractivity contribution in [3.63, 3.8) is 0 Å². The molecule has 11 heteroatoms. The van der Waals surface area contributed by atoms with E-state index in [0.717, 1.165) is 12.8 Å². The molecule has 0 aromatic rings. The van der Waals surface area contributed by atoms with E-state index in [0.29, 0.717) is 12.5 Å². The molecule has 0 spiro atoms. The van der Waals surface area contributed by atoms with E-state index < -0.39 is 10.2 Å². The molecule has 0 heterocycles. The van der Waals surface area contributed by atoms with Crippen LogP contribution in [0, 0.1) is 26.1 Å². The van der Waals surface area contributed by atoms with Gasteiger partial charge in [-0.1, -0.05) is 31.6 Å². The van der Waals surface area contributed by atoms with Gasteiger partial charge in [0.15, 0.2) is 0 Å². The standard InChI is InChI=1S/C7H14N2.2HNO3.Pt/c8-5-6-3-1-2-4-7(6)9;2*2-1(3)4;/h6-9H,1-5H2;2*(H,2,3,4);/q-2;;;+2. The first-order chi connectivity index (χ1) is 7.81. The van der Waals surface area contributed by atoms with Crippen molar-refractivity contribution in [3.8, 4) is 0 Å². The van der Waals surface area contributed by atoms with Crippen LogP contribution in [0.3, 0.4) is 0 Å². The minimum atomic E-state index is -1.50. The average molecular weight is 447 g/mol. The third-order valence-corrected chi connectivity index (χ3v) is 2.17. The minimum absolute atomic E-state index is 0. The molecule has 2 atom stereocenters. The number of nitrogens with zero attached hydrogens (tertiary/aromatic N) is 2. The Labute approximate surface area is 118 Å². The van der Waals surface area contributed by atoms with Gasteiger partial charge in [-0.05, 0) is 0 Å². The van der Waals surface area contributed by atoms with E-state index in [4.69, 9.17) is 42.1 Å². The second-order valence-electron chi connectivity index (χ2n) is 3.33. The van der Waals surface area contributed by atoms with E-state index in [1.807, 2.05) is 0 Å². The monoisotopic (exact) mass is 447 g/mol. The van der Waals surface area contributed by atoms with Crippen molar-refractivity contribution >= 4 is 0 Å². The number of nitrogens with one attached hydrogen (secondary N) is 2. The van der Waals surface area contributed by atoms with Crippen LogP contribution >= 0.6 is 0 Å². The van der Waals surface area contributed by atoms with Crippen molar-refractivity contribution in [3.05, 3.63) is 31.7 Å². The Kier molecular flexibility index (Phi) is 17.4. The summed E-state index contributed by atoms with van der Waals surface area (Å²) in [7, 11) is 0. The number of hydrogen-bond acceptors (Lipinski definition) is 4.